The molecule has 1 unspecified atom stereocenters. The van der Waals surface area contributed by atoms with E-state index in [9.17, 15) is 19.4 Å². The lowest BCUT2D eigenvalue weighted by atomic mass is 9.98. The highest BCUT2D eigenvalue weighted by molar-refractivity contribution is 5.30. The predicted molar refractivity (Wildman–Crippen MR) is 63.2 cm³/mol. The third kappa shape index (κ3) is 2.18. The third-order valence-corrected chi connectivity index (χ3v) is 3.44. The van der Waals surface area contributed by atoms with Crippen molar-refractivity contribution in [2.45, 2.75) is 38.3 Å². The molecule has 1 aliphatic rings. The van der Waals surface area contributed by atoms with Crippen molar-refractivity contribution in [2.75, 3.05) is 6.61 Å². The minimum Gasteiger partial charge on any atom is -0.394 e. The number of aromatic amines is 1. The number of pyridine rings is 1. The Kier molecular flexibility index (Phi) is 3.73. The van der Waals surface area contributed by atoms with Gasteiger partial charge in [0.1, 0.15) is 30.2 Å². The summed E-state index contributed by atoms with van der Waals surface area (Å²) >= 11 is 0. The molecular formula is C12H16FNO5. The van der Waals surface area contributed by atoms with Gasteiger partial charge in [-0.25, -0.2) is 4.39 Å². The second kappa shape index (κ2) is 5.01. The van der Waals surface area contributed by atoms with Crippen LogP contribution in [0.25, 0.3) is 0 Å². The van der Waals surface area contributed by atoms with Crippen molar-refractivity contribution in [1.82, 2.24) is 4.98 Å². The number of H-pyrrole nitrogens is 1. The van der Waals surface area contributed by atoms with Crippen molar-refractivity contribution in [3.05, 3.63) is 33.0 Å². The first-order valence-electron chi connectivity index (χ1n) is 5.89. The van der Waals surface area contributed by atoms with Crippen LogP contribution in [0.5, 0.6) is 0 Å². The summed E-state index contributed by atoms with van der Waals surface area (Å²) in [5, 5.41) is 28.6. The highest BCUT2D eigenvalue weighted by Gasteiger charge is 2.45. The highest BCUT2D eigenvalue weighted by atomic mass is 19.1. The van der Waals surface area contributed by atoms with Gasteiger partial charge in [-0.1, -0.05) is 0 Å². The second-order valence-electron chi connectivity index (χ2n) is 4.69. The minimum absolute atomic E-state index is 0.000370. The molecule has 2 rings (SSSR count). The molecule has 1 saturated heterocycles. The van der Waals surface area contributed by atoms with Crippen molar-refractivity contribution >= 4 is 0 Å². The summed E-state index contributed by atoms with van der Waals surface area (Å²) in [5.74, 6) is -0.768. The average Bonchev–Trinajstić information content (AvgIpc) is 2.64. The quantitative estimate of drug-likeness (QED) is 0.570. The minimum atomic E-state index is -1.37. The molecule has 1 aromatic heterocycles. The van der Waals surface area contributed by atoms with Gasteiger partial charge in [-0.05, 0) is 13.8 Å². The number of aliphatic hydroxyl groups excluding tert-OH is 3. The zero-order chi connectivity index (χ0) is 14.3. The number of rotatable bonds is 2. The van der Waals surface area contributed by atoms with E-state index in [1.807, 2.05) is 0 Å². The first-order chi connectivity index (χ1) is 8.88. The molecule has 0 radical (unpaired) electrons. The van der Waals surface area contributed by atoms with E-state index in [-0.39, 0.29) is 16.8 Å². The van der Waals surface area contributed by atoms with Crippen molar-refractivity contribution in [3.63, 3.8) is 0 Å². The lowest BCUT2D eigenvalue weighted by Crippen LogP contribution is -2.32. The van der Waals surface area contributed by atoms with Crippen molar-refractivity contribution in [3.8, 4) is 0 Å². The van der Waals surface area contributed by atoms with E-state index < -0.39 is 42.4 Å². The van der Waals surface area contributed by atoms with Gasteiger partial charge in [0.15, 0.2) is 0 Å². The largest absolute Gasteiger partial charge is 0.394 e. The average molecular weight is 273 g/mol. The standard InChI is InChI=1S/C12H16FNO5/c1-4-8(13)7(5(2)14-12(4)18)11-10(17)9(16)6(3-15)19-11/h6,9-11,15-17H,3H2,1-2H3,(H,14,18)/t6-,9?,10+,11+/m1/s1. The number of aliphatic hydroxyl groups is 3. The highest BCUT2D eigenvalue weighted by Crippen LogP contribution is 2.35. The monoisotopic (exact) mass is 273 g/mol. The Bertz CT molecular complexity index is 544. The van der Waals surface area contributed by atoms with Gasteiger partial charge >= 0.3 is 0 Å². The summed E-state index contributed by atoms with van der Waals surface area (Å²) in [4.78, 5) is 13.9. The summed E-state index contributed by atoms with van der Waals surface area (Å²) < 4.78 is 19.4. The van der Waals surface area contributed by atoms with E-state index in [0.717, 1.165) is 0 Å². The molecule has 0 amide bonds. The van der Waals surface area contributed by atoms with E-state index in [4.69, 9.17) is 9.84 Å². The molecule has 0 saturated carbocycles. The third-order valence-electron chi connectivity index (χ3n) is 3.44. The molecule has 0 bridgehead atoms. The van der Waals surface area contributed by atoms with Gasteiger partial charge in [0.05, 0.1) is 12.2 Å². The van der Waals surface area contributed by atoms with Gasteiger partial charge in [0.2, 0.25) is 0 Å². The Morgan fingerprint density at radius 2 is 1.95 bits per heavy atom. The number of halogens is 1. The Morgan fingerprint density at radius 3 is 2.47 bits per heavy atom. The van der Waals surface area contributed by atoms with E-state index >= 15 is 0 Å². The number of ether oxygens (including phenoxy) is 1. The van der Waals surface area contributed by atoms with Crippen LogP contribution < -0.4 is 5.56 Å². The molecule has 4 atom stereocenters. The zero-order valence-electron chi connectivity index (χ0n) is 10.6. The van der Waals surface area contributed by atoms with Crippen molar-refractivity contribution in [2.24, 2.45) is 0 Å². The van der Waals surface area contributed by atoms with Crippen LogP contribution in [0.1, 0.15) is 22.9 Å². The van der Waals surface area contributed by atoms with Gasteiger partial charge in [-0.3, -0.25) is 4.79 Å². The number of nitrogens with one attached hydrogen (secondary N) is 1. The van der Waals surface area contributed by atoms with Crippen LogP contribution in [0.15, 0.2) is 4.79 Å². The molecule has 1 aromatic rings. The first-order valence-corrected chi connectivity index (χ1v) is 5.89. The fraction of sp³-hybridized carbons (Fsp3) is 0.583. The Morgan fingerprint density at radius 1 is 1.32 bits per heavy atom. The molecule has 6 nitrogen and oxygen atoms in total. The van der Waals surface area contributed by atoms with Crippen LogP contribution in [-0.2, 0) is 4.74 Å². The van der Waals surface area contributed by atoms with E-state index in [1.54, 1.807) is 0 Å². The van der Waals surface area contributed by atoms with Gasteiger partial charge in [0, 0.05) is 11.3 Å². The molecule has 0 aliphatic carbocycles. The Balaban J connectivity index is 2.49. The molecule has 0 spiro atoms. The van der Waals surface area contributed by atoms with Crippen LogP contribution in [-0.4, -0.2) is 45.2 Å². The molecule has 7 heteroatoms. The predicted octanol–water partition coefficient (Wildman–Crippen LogP) is -0.715. The van der Waals surface area contributed by atoms with Gasteiger partial charge in [0.25, 0.3) is 5.56 Å². The fourth-order valence-electron chi connectivity index (χ4n) is 2.27. The zero-order valence-corrected chi connectivity index (χ0v) is 10.6. The normalized spacial score (nSPS) is 30.8. The summed E-state index contributed by atoms with van der Waals surface area (Å²) in [5.41, 5.74) is -0.439. The molecular weight excluding hydrogens is 257 g/mol. The molecule has 19 heavy (non-hydrogen) atoms. The molecule has 4 N–H and O–H groups in total. The van der Waals surface area contributed by atoms with Gasteiger partial charge in [-0.2, -0.15) is 0 Å². The maximum absolute atomic E-state index is 14.2. The second-order valence-corrected chi connectivity index (χ2v) is 4.69. The van der Waals surface area contributed by atoms with E-state index in [2.05, 4.69) is 4.98 Å². The fourth-order valence-corrected chi connectivity index (χ4v) is 2.27. The van der Waals surface area contributed by atoms with Crippen LogP contribution in [0.2, 0.25) is 0 Å². The Hall–Kier alpha value is -1.28. The van der Waals surface area contributed by atoms with Crippen LogP contribution in [0.4, 0.5) is 4.39 Å². The van der Waals surface area contributed by atoms with Crippen molar-refractivity contribution < 1.29 is 24.4 Å². The van der Waals surface area contributed by atoms with Crippen LogP contribution in [0.3, 0.4) is 0 Å². The molecule has 106 valence electrons. The number of aryl methyl sites for hydroxylation is 1. The van der Waals surface area contributed by atoms with E-state index in [1.165, 1.54) is 13.8 Å². The molecule has 0 aromatic carbocycles. The van der Waals surface area contributed by atoms with E-state index in [0.29, 0.717) is 0 Å². The SMILES string of the molecule is Cc1[nH]c(=O)c(C)c(F)c1[C@@H]1O[C@H](CO)C(O)[C@@H]1O. The summed E-state index contributed by atoms with van der Waals surface area (Å²) in [6.45, 7) is 2.31. The molecule has 1 aliphatic heterocycles. The lowest BCUT2D eigenvalue weighted by Gasteiger charge is -2.18. The van der Waals surface area contributed by atoms with Gasteiger partial charge in [-0.15, -0.1) is 0 Å². The van der Waals surface area contributed by atoms with Gasteiger partial charge < -0.3 is 25.0 Å². The lowest BCUT2D eigenvalue weighted by molar-refractivity contribution is -0.0240. The number of hydrogen-bond donors (Lipinski definition) is 4. The molecule has 1 fully saturated rings. The number of aromatic nitrogens is 1. The van der Waals surface area contributed by atoms with Crippen molar-refractivity contribution in [1.29, 1.82) is 0 Å². The maximum Gasteiger partial charge on any atom is 0.254 e. The maximum atomic E-state index is 14.2. The first kappa shape index (κ1) is 14.1. The summed E-state index contributed by atoms with van der Waals surface area (Å²) in [6, 6.07) is 0. The van der Waals surface area contributed by atoms with Crippen LogP contribution >= 0.6 is 0 Å². The number of hydrogen-bond acceptors (Lipinski definition) is 5. The topological polar surface area (TPSA) is 103 Å². The summed E-state index contributed by atoms with van der Waals surface area (Å²) in [6.07, 6.45) is -4.77. The smallest absolute Gasteiger partial charge is 0.254 e. The Labute approximate surface area is 108 Å². The molecule has 2 heterocycles. The van der Waals surface area contributed by atoms with Crippen LogP contribution in [0, 0.1) is 19.7 Å². The summed E-state index contributed by atoms with van der Waals surface area (Å²) in [7, 11) is 0.